The molecule has 0 fully saturated rings. The number of benzene rings is 1. The third-order valence-corrected chi connectivity index (χ3v) is 4.63. The van der Waals surface area contributed by atoms with Crippen molar-refractivity contribution in [2.24, 2.45) is 0 Å². The quantitative estimate of drug-likeness (QED) is 0.556. The molecule has 0 aliphatic carbocycles. The number of aromatic nitrogens is 5. The second-order valence-electron chi connectivity index (χ2n) is 7.17. The van der Waals surface area contributed by atoms with Gasteiger partial charge in [-0.1, -0.05) is 31.1 Å². The van der Waals surface area contributed by atoms with Crippen LogP contribution in [-0.4, -0.2) is 42.8 Å². The zero-order chi connectivity index (χ0) is 19.7. The van der Waals surface area contributed by atoms with Crippen LogP contribution in [0, 0.1) is 0 Å². The van der Waals surface area contributed by atoms with Crippen molar-refractivity contribution >= 4 is 16.9 Å². The first-order valence-corrected chi connectivity index (χ1v) is 9.16. The highest BCUT2D eigenvalue weighted by Gasteiger charge is 2.18. The molecule has 144 valence electrons. The summed E-state index contributed by atoms with van der Waals surface area (Å²) >= 11 is 0. The Kier molecular flexibility index (Phi) is 4.68. The monoisotopic (exact) mass is 378 g/mol. The smallest absolute Gasteiger partial charge is 0.274 e. The number of rotatable bonds is 6. The molecule has 4 aromatic rings. The summed E-state index contributed by atoms with van der Waals surface area (Å²) in [6.45, 7) is 4.99. The normalized spacial score (nSPS) is 11.4. The van der Waals surface area contributed by atoms with E-state index < -0.39 is 0 Å². The molecule has 1 aromatic carbocycles. The molecule has 0 aliphatic rings. The van der Waals surface area contributed by atoms with E-state index in [2.05, 4.69) is 20.3 Å². The lowest BCUT2D eigenvalue weighted by molar-refractivity contribution is 0.0766. The van der Waals surface area contributed by atoms with E-state index in [1.807, 2.05) is 48.7 Å². The Bertz CT molecular complexity index is 1110. The summed E-state index contributed by atoms with van der Waals surface area (Å²) in [5.74, 6) is 0.757. The van der Waals surface area contributed by atoms with Gasteiger partial charge in [0.25, 0.3) is 5.91 Å². The van der Waals surface area contributed by atoms with Crippen molar-refractivity contribution in [2.45, 2.75) is 32.9 Å². The zero-order valence-corrected chi connectivity index (χ0v) is 16.1. The highest BCUT2D eigenvalue weighted by atomic mass is 16.5. The summed E-state index contributed by atoms with van der Waals surface area (Å²) in [5.41, 5.74) is 4.05. The molecule has 3 aromatic heterocycles. The molecule has 0 unspecified atom stereocenters. The molecule has 3 heterocycles. The van der Waals surface area contributed by atoms with Gasteiger partial charge in [0.15, 0.2) is 5.76 Å². The number of carbonyl (C=O) groups excluding carboxylic acids is 1. The van der Waals surface area contributed by atoms with Crippen molar-refractivity contribution < 1.29 is 9.32 Å². The van der Waals surface area contributed by atoms with Crippen molar-refractivity contribution in [2.75, 3.05) is 7.05 Å². The Morgan fingerprint density at radius 1 is 1.29 bits per heavy atom. The van der Waals surface area contributed by atoms with Crippen LogP contribution in [0.15, 0.2) is 47.2 Å². The number of para-hydroxylation sites is 2. The van der Waals surface area contributed by atoms with Gasteiger partial charge in [-0.15, -0.1) is 0 Å². The van der Waals surface area contributed by atoms with Gasteiger partial charge in [-0.3, -0.25) is 9.89 Å². The van der Waals surface area contributed by atoms with E-state index >= 15 is 0 Å². The minimum atomic E-state index is -0.180. The predicted octanol–water partition coefficient (Wildman–Crippen LogP) is 3.19. The molecule has 0 spiro atoms. The first-order chi connectivity index (χ1) is 13.5. The fourth-order valence-corrected chi connectivity index (χ4v) is 3.05. The van der Waals surface area contributed by atoms with Crippen molar-refractivity contribution in [3.63, 3.8) is 0 Å². The number of amides is 1. The Balaban J connectivity index is 1.44. The summed E-state index contributed by atoms with van der Waals surface area (Å²) < 4.78 is 7.33. The molecular formula is C20H22N6O2. The second kappa shape index (κ2) is 7.30. The number of fused-ring (bicyclic) bond motifs is 1. The summed E-state index contributed by atoms with van der Waals surface area (Å²) in [6, 6.07) is 11.6. The standard InChI is InChI=1S/C20H22N6O2/c1-13(2)17-9-15(28-24-17)11-25(3)20(27)18-8-14(22-23-18)10-26-12-21-16-6-4-5-7-19(16)26/h4-9,12-13H,10-11H2,1-3H3,(H,22,23). The maximum absolute atomic E-state index is 12.7. The van der Waals surface area contributed by atoms with Crippen LogP contribution in [0.3, 0.4) is 0 Å². The molecule has 0 saturated heterocycles. The van der Waals surface area contributed by atoms with Crippen molar-refractivity contribution in [3.05, 3.63) is 65.6 Å². The number of nitrogens with zero attached hydrogens (tertiary/aromatic N) is 5. The van der Waals surface area contributed by atoms with Crippen LogP contribution in [0.2, 0.25) is 0 Å². The predicted molar refractivity (Wildman–Crippen MR) is 104 cm³/mol. The number of H-pyrrole nitrogens is 1. The lowest BCUT2D eigenvalue weighted by Gasteiger charge is -2.13. The third kappa shape index (κ3) is 3.53. The number of hydrogen-bond acceptors (Lipinski definition) is 5. The van der Waals surface area contributed by atoms with Gasteiger partial charge < -0.3 is 14.0 Å². The largest absolute Gasteiger partial charge is 0.359 e. The summed E-state index contributed by atoms with van der Waals surface area (Å²) in [4.78, 5) is 18.6. The maximum atomic E-state index is 12.7. The van der Waals surface area contributed by atoms with E-state index in [0.717, 1.165) is 22.4 Å². The Morgan fingerprint density at radius 3 is 2.89 bits per heavy atom. The summed E-state index contributed by atoms with van der Waals surface area (Å²) in [5, 5.41) is 11.2. The molecule has 0 atom stereocenters. The Hall–Kier alpha value is -3.42. The van der Waals surface area contributed by atoms with Gasteiger partial charge in [-0.05, 0) is 24.1 Å². The molecule has 1 N–H and O–H groups in total. The van der Waals surface area contributed by atoms with Crippen LogP contribution >= 0.6 is 0 Å². The van der Waals surface area contributed by atoms with Gasteiger partial charge in [0.2, 0.25) is 0 Å². The van der Waals surface area contributed by atoms with Gasteiger partial charge in [-0.25, -0.2) is 4.98 Å². The molecule has 1 amide bonds. The van der Waals surface area contributed by atoms with Gasteiger partial charge in [0, 0.05) is 13.1 Å². The van der Waals surface area contributed by atoms with Crippen LogP contribution in [0.25, 0.3) is 11.0 Å². The van der Waals surface area contributed by atoms with E-state index in [0.29, 0.717) is 24.5 Å². The molecule has 0 aliphatic heterocycles. The molecule has 0 radical (unpaired) electrons. The van der Waals surface area contributed by atoms with Crippen LogP contribution in [0.5, 0.6) is 0 Å². The van der Waals surface area contributed by atoms with E-state index in [9.17, 15) is 4.79 Å². The number of imidazole rings is 1. The highest BCUT2D eigenvalue weighted by molar-refractivity contribution is 5.92. The Labute approximate surface area is 162 Å². The van der Waals surface area contributed by atoms with Crippen LogP contribution in [0.1, 0.15) is 47.4 Å². The molecule has 0 saturated carbocycles. The fourth-order valence-electron chi connectivity index (χ4n) is 3.05. The maximum Gasteiger partial charge on any atom is 0.274 e. The zero-order valence-electron chi connectivity index (χ0n) is 16.1. The SMILES string of the molecule is CC(C)c1cc(CN(C)C(=O)c2cc(Cn3cnc4ccccc43)[nH]n2)on1. The van der Waals surface area contributed by atoms with Crippen molar-refractivity contribution in [1.82, 2.24) is 29.8 Å². The fraction of sp³-hybridized carbons (Fsp3) is 0.300. The van der Waals surface area contributed by atoms with E-state index in [1.165, 1.54) is 0 Å². The molecule has 0 bridgehead atoms. The average Bonchev–Trinajstić information content (AvgIpc) is 3.42. The minimum Gasteiger partial charge on any atom is -0.359 e. The molecule has 8 nitrogen and oxygen atoms in total. The van der Waals surface area contributed by atoms with Crippen molar-refractivity contribution in [3.8, 4) is 0 Å². The number of hydrogen-bond donors (Lipinski definition) is 1. The van der Waals surface area contributed by atoms with Crippen molar-refractivity contribution in [1.29, 1.82) is 0 Å². The molecular weight excluding hydrogens is 356 g/mol. The van der Waals surface area contributed by atoms with Gasteiger partial charge >= 0.3 is 0 Å². The second-order valence-corrected chi connectivity index (χ2v) is 7.17. The van der Waals surface area contributed by atoms with Crippen LogP contribution in [-0.2, 0) is 13.1 Å². The minimum absolute atomic E-state index is 0.180. The molecule has 4 rings (SSSR count). The first-order valence-electron chi connectivity index (χ1n) is 9.16. The number of nitrogens with one attached hydrogen (secondary N) is 1. The van der Waals surface area contributed by atoms with Gasteiger partial charge in [0.1, 0.15) is 5.69 Å². The topological polar surface area (TPSA) is 92.8 Å². The lowest BCUT2D eigenvalue weighted by atomic mass is 10.1. The molecule has 8 heteroatoms. The van der Waals surface area contributed by atoms with Crippen LogP contribution < -0.4 is 0 Å². The van der Waals surface area contributed by atoms with Crippen LogP contribution in [0.4, 0.5) is 0 Å². The average molecular weight is 378 g/mol. The Morgan fingerprint density at radius 2 is 2.11 bits per heavy atom. The molecule has 28 heavy (non-hydrogen) atoms. The van der Waals surface area contributed by atoms with E-state index in [-0.39, 0.29) is 11.8 Å². The first kappa shape index (κ1) is 18.0. The highest BCUT2D eigenvalue weighted by Crippen LogP contribution is 2.17. The summed E-state index contributed by atoms with van der Waals surface area (Å²) in [6.07, 6.45) is 1.79. The van der Waals surface area contributed by atoms with Gasteiger partial charge in [0.05, 0.1) is 41.8 Å². The summed E-state index contributed by atoms with van der Waals surface area (Å²) in [7, 11) is 1.72. The third-order valence-electron chi connectivity index (χ3n) is 4.63. The van der Waals surface area contributed by atoms with Gasteiger partial charge in [-0.2, -0.15) is 5.10 Å². The van der Waals surface area contributed by atoms with E-state index in [4.69, 9.17) is 4.52 Å². The number of carbonyl (C=O) groups is 1. The lowest BCUT2D eigenvalue weighted by Crippen LogP contribution is -2.26. The van der Waals surface area contributed by atoms with E-state index in [1.54, 1.807) is 24.3 Å². The number of aromatic amines is 1.